The molecule has 2 aliphatic rings. The third kappa shape index (κ3) is 4.39. The third-order valence-electron chi connectivity index (χ3n) is 4.22. The summed E-state index contributed by atoms with van der Waals surface area (Å²) in [6, 6.07) is -0.244. The number of ether oxygens (including phenoxy) is 2. The predicted molar refractivity (Wildman–Crippen MR) is 76.9 cm³/mol. The van der Waals surface area contributed by atoms with Crippen LogP contribution in [0.3, 0.4) is 0 Å². The number of esters is 1. The van der Waals surface area contributed by atoms with Crippen LogP contribution in [0.2, 0.25) is 0 Å². The summed E-state index contributed by atoms with van der Waals surface area (Å²) >= 11 is 0. The van der Waals surface area contributed by atoms with Gasteiger partial charge in [0.15, 0.2) is 0 Å². The van der Waals surface area contributed by atoms with Gasteiger partial charge in [0.2, 0.25) is 5.91 Å². The maximum Gasteiger partial charge on any atom is 0.322 e. The topological polar surface area (TPSA) is 62.3 Å². The first kappa shape index (κ1) is 16.2. The van der Waals surface area contributed by atoms with Crippen molar-refractivity contribution in [2.24, 2.45) is 0 Å². The number of hydrogen-bond donors (Lipinski definition) is 0. The van der Waals surface area contributed by atoms with E-state index in [1.807, 2.05) is 11.8 Å². The lowest BCUT2D eigenvalue weighted by Crippen LogP contribution is -2.55. The molecule has 0 aromatic rings. The molecule has 1 atom stereocenters. The lowest BCUT2D eigenvalue weighted by atomic mass is 10.2. The first-order chi connectivity index (χ1) is 10.1. The van der Waals surface area contributed by atoms with Crippen molar-refractivity contribution in [2.45, 2.75) is 13.0 Å². The summed E-state index contributed by atoms with van der Waals surface area (Å²) in [4.78, 5) is 29.9. The van der Waals surface area contributed by atoms with E-state index in [0.717, 1.165) is 13.1 Å². The van der Waals surface area contributed by atoms with Crippen molar-refractivity contribution in [1.29, 1.82) is 0 Å². The van der Waals surface area contributed by atoms with E-state index in [2.05, 4.69) is 9.80 Å². The Labute approximate surface area is 125 Å². The van der Waals surface area contributed by atoms with Crippen LogP contribution in [0.25, 0.3) is 0 Å². The molecule has 2 heterocycles. The first-order valence-electron chi connectivity index (χ1n) is 7.51. The lowest BCUT2D eigenvalue weighted by Gasteiger charge is -2.38. The number of hydrogen-bond acceptors (Lipinski definition) is 6. The summed E-state index contributed by atoms with van der Waals surface area (Å²) in [6.07, 6.45) is 0. The Morgan fingerprint density at radius 2 is 1.71 bits per heavy atom. The number of amides is 1. The zero-order valence-corrected chi connectivity index (χ0v) is 12.9. The average Bonchev–Trinajstić information content (AvgIpc) is 2.54. The van der Waals surface area contributed by atoms with Crippen LogP contribution in [-0.4, -0.2) is 98.8 Å². The summed E-state index contributed by atoms with van der Waals surface area (Å²) in [5.41, 5.74) is 0. The van der Waals surface area contributed by atoms with Gasteiger partial charge in [-0.15, -0.1) is 0 Å². The van der Waals surface area contributed by atoms with Crippen molar-refractivity contribution in [1.82, 2.24) is 14.7 Å². The van der Waals surface area contributed by atoms with Crippen molar-refractivity contribution in [3.8, 4) is 0 Å². The van der Waals surface area contributed by atoms with Crippen molar-refractivity contribution in [3.05, 3.63) is 0 Å². The quantitative estimate of drug-likeness (QED) is 0.622. The lowest BCUT2D eigenvalue weighted by molar-refractivity contribution is -0.147. The highest BCUT2D eigenvalue weighted by Gasteiger charge is 2.28. The number of rotatable bonds is 4. The fourth-order valence-electron chi connectivity index (χ4n) is 2.73. The van der Waals surface area contributed by atoms with Crippen LogP contribution in [0.15, 0.2) is 0 Å². The zero-order valence-electron chi connectivity index (χ0n) is 12.9. The minimum Gasteiger partial charge on any atom is -0.468 e. The minimum atomic E-state index is -0.244. The second kappa shape index (κ2) is 7.72. The van der Waals surface area contributed by atoms with Gasteiger partial charge in [0.25, 0.3) is 0 Å². The van der Waals surface area contributed by atoms with Gasteiger partial charge >= 0.3 is 5.97 Å². The van der Waals surface area contributed by atoms with Crippen LogP contribution >= 0.6 is 0 Å². The van der Waals surface area contributed by atoms with E-state index in [0.29, 0.717) is 45.9 Å². The number of methoxy groups -OCH3 is 1. The summed E-state index contributed by atoms with van der Waals surface area (Å²) in [5.74, 6) is -0.0506. The summed E-state index contributed by atoms with van der Waals surface area (Å²) in [5, 5.41) is 0. The maximum atomic E-state index is 12.3. The van der Waals surface area contributed by atoms with Gasteiger partial charge in [-0.1, -0.05) is 0 Å². The Morgan fingerprint density at radius 3 is 2.29 bits per heavy atom. The Balaban J connectivity index is 1.75. The molecule has 0 bridgehead atoms. The molecule has 0 aliphatic carbocycles. The van der Waals surface area contributed by atoms with Crippen LogP contribution in [0.4, 0.5) is 0 Å². The van der Waals surface area contributed by atoms with E-state index < -0.39 is 0 Å². The monoisotopic (exact) mass is 299 g/mol. The van der Waals surface area contributed by atoms with Crippen LogP contribution < -0.4 is 0 Å². The molecule has 2 aliphatic heterocycles. The third-order valence-corrected chi connectivity index (χ3v) is 4.22. The molecule has 2 fully saturated rings. The molecule has 7 nitrogen and oxygen atoms in total. The van der Waals surface area contributed by atoms with Gasteiger partial charge in [0, 0.05) is 39.3 Å². The molecule has 120 valence electrons. The van der Waals surface area contributed by atoms with Crippen molar-refractivity contribution >= 4 is 11.9 Å². The van der Waals surface area contributed by atoms with Crippen LogP contribution in [0, 0.1) is 0 Å². The van der Waals surface area contributed by atoms with E-state index in [4.69, 9.17) is 9.47 Å². The first-order valence-corrected chi connectivity index (χ1v) is 7.51. The number of morpholine rings is 1. The van der Waals surface area contributed by atoms with E-state index in [1.54, 1.807) is 0 Å². The second-order valence-corrected chi connectivity index (χ2v) is 5.50. The molecule has 2 rings (SSSR count). The normalized spacial score (nSPS) is 22.9. The molecular formula is C14H25N3O4. The van der Waals surface area contributed by atoms with Crippen LogP contribution in [0.1, 0.15) is 6.92 Å². The van der Waals surface area contributed by atoms with Gasteiger partial charge in [0.1, 0.15) is 6.04 Å². The molecule has 1 amide bonds. The van der Waals surface area contributed by atoms with Crippen molar-refractivity contribution in [3.63, 3.8) is 0 Å². The molecule has 1 unspecified atom stereocenters. The second-order valence-electron chi connectivity index (χ2n) is 5.50. The van der Waals surface area contributed by atoms with Crippen LogP contribution in [0.5, 0.6) is 0 Å². The molecule has 0 aromatic heterocycles. The van der Waals surface area contributed by atoms with Gasteiger partial charge in [0.05, 0.1) is 26.9 Å². The SMILES string of the molecule is COC(=O)C(C)N1CCN(C(=O)CN2CCOCC2)CC1. The smallest absolute Gasteiger partial charge is 0.322 e. The van der Waals surface area contributed by atoms with E-state index in [-0.39, 0.29) is 17.9 Å². The molecule has 0 radical (unpaired) electrons. The van der Waals surface area contributed by atoms with E-state index in [9.17, 15) is 9.59 Å². The van der Waals surface area contributed by atoms with Gasteiger partial charge in [-0.05, 0) is 6.92 Å². The summed E-state index contributed by atoms with van der Waals surface area (Å²) in [6.45, 7) is 8.14. The highest BCUT2D eigenvalue weighted by Crippen LogP contribution is 2.08. The molecule has 2 saturated heterocycles. The Kier molecular flexibility index (Phi) is 5.96. The highest BCUT2D eigenvalue weighted by atomic mass is 16.5. The highest BCUT2D eigenvalue weighted by molar-refractivity contribution is 5.78. The molecule has 21 heavy (non-hydrogen) atoms. The number of piperazine rings is 1. The minimum absolute atomic E-state index is 0.169. The van der Waals surface area contributed by atoms with Gasteiger partial charge in [-0.3, -0.25) is 19.4 Å². The average molecular weight is 299 g/mol. The standard InChI is InChI=1S/C14H25N3O4/c1-12(14(19)20-2)16-3-5-17(6-4-16)13(18)11-15-7-9-21-10-8-15/h12H,3-11H2,1-2H3. The number of carbonyl (C=O) groups excluding carboxylic acids is 2. The Bertz CT molecular complexity index is 363. The van der Waals surface area contributed by atoms with Crippen molar-refractivity contribution in [2.75, 3.05) is 66.1 Å². The molecule has 0 N–H and O–H groups in total. The van der Waals surface area contributed by atoms with Crippen LogP contribution in [-0.2, 0) is 19.1 Å². The Morgan fingerprint density at radius 1 is 1.10 bits per heavy atom. The fourth-order valence-corrected chi connectivity index (χ4v) is 2.73. The molecule has 0 saturated carbocycles. The molecule has 7 heteroatoms. The van der Waals surface area contributed by atoms with Crippen molar-refractivity contribution < 1.29 is 19.1 Å². The van der Waals surface area contributed by atoms with E-state index >= 15 is 0 Å². The van der Waals surface area contributed by atoms with Gasteiger partial charge in [-0.2, -0.15) is 0 Å². The Hall–Kier alpha value is -1.18. The number of carbonyl (C=O) groups is 2. The number of nitrogens with zero attached hydrogens (tertiary/aromatic N) is 3. The summed E-state index contributed by atoms with van der Waals surface area (Å²) < 4.78 is 10.0. The molecular weight excluding hydrogens is 274 g/mol. The largest absolute Gasteiger partial charge is 0.468 e. The van der Waals surface area contributed by atoms with Gasteiger partial charge in [-0.25, -0.2) is 0 Å². The predicted octanol–water partition coefficient (Wildman–Crippen LogP) is -0.976. The maximum absolute atomic E-state index is 12.3. The zero-order chi connectivity index (χ0) is 15.2. The van der Waals surface area contributed by atoms with Gasteiger partial charge < -0.3 is 14.4 Å². The molecule has 0 aromatic carbocycles. The molecule has 0 spiro atoms. The summed E-state index contributed by atoms with van der Waals surface area (Å²) in [7, 11) is 1.40. The van der Waals surface area contributed by atoms with E-state index in [1.165, 1.54) is 7.11 Å². The fraction of sp³-hybridized carbons (Fsp3) is 0.857.